The summed E-state index contributed by atoms with van der Waals surface area (Å²) in [4.78, 5) is 13.4. The molecule has 0 radical (unpaired) electrons. The Morgan fingerprint density at radius 1 is 1.07 bits per heavy atom. The van der Waals surface area contributed by atoms with Gasteiger partial charge in [-0.1, -0.05) is 30.3 Å². The third kappa shape index (κ3) is 6.32. The highest BCUT2D eigenvalue weighted by Gasteiger charge is 2.26. The first-order chi connectivity index (χ1) is 13.9. The van der Waals surface area contributed by atoms with Crippen molar-refractivity contribution in [1.82, 2.24) is 9.62 Å². The first kappa shape index (κ1) is 21.9. The summed E-state index contributed by atoms with van der Waals surface area (Å²) in [5.41, 5.74) is 1.27. The number of carbonyl (C=O) groups is 1. The molecule has 1 unspecified atom stereocenters. The molecular weight excluding hydrogens is 404 g/mol. The van der Waals surface area contributed by atoms with Gasteiger partial charge in [0.25, 0.3) is 0 Å². The van der Waals surface area contributed by atoms with Gasteiger partial charge in [0.1, 0.15) is 0 Å². The zero-order valence-electron chi connectivity index (χ0n) is 16.7. The molecular formula is C22H28N2O3S2. The fraction of sp³-hybridized carbons (Fsp3) is 0.409. The van der Waals surface area contributed by atoms with Crippen LogP contribution in [0.5, 0.6) is 0 Å². The van der Waals surface area contributed by atoms with Crippen molar-refractivity contribution >= 4 is 27.7 Å². The van der Waals surface area contributed by atoms with Gasteiger partial charge in [-0.3, -0.25) is 4.79 Å². The van der Waals surface area contributed by atoms with Gasteiger partial charge in [-0.2, -0.15) is 4.31 Å². The second kappa shape index (κ2) is 10.3. The molecule has 0 aliphatic carbocycles. The van der Waals surface area contributed by atoms with Gasteiger partial charge in [-0.05, 0) is 62.4 Å². The normalized spacial score (nSPS) is 15.9. The SMILES string of the molecule is CC(CCc1ccccc1)NC(=O)CSc1ccc(S(=O)(=O)N2CCCC2)cc1. The Bertz CT molecular complexity index is 893. The Kier molecular flexibility index (Phi) is 7.75. The summed E-state index contributed by atoms with van der Waals surface area (Å²) in [6, 6.07) is 17.2. The van der Waals surface area contributed by atoms with E-state index in [9.17, 15) is 13.2 Å². The van der Waals surface area contributed by atoms with Gasteiger partial charge in [0, 0.05) is 24.0 Å². The van der Waals surface area contributed by atoms with E-state index in [1.165, 1.54) is 17.3 Å². The number of nitrogens with one attached hydrogen (secondary N) is 1. The standard InChI is InChI=1S/C22H28N2O3S2/c1-18(9-10-19-7-3-2-4-8-19)23-22(25)17-28-20-11-13-21(14-12-20)29(26,27)24-15-5-6-16-24/h2-4,7-8,11-14,18H,5-6,9-10,15-17H2,1H3,(H,23,25). The molecule has 1 aliphatic heterocycles. The molecule has 2 aromatic carbocycles. The van der Waals surface area contributed by atoms with Gasteiger partial charge in [-0.15, -0.1) is 11.8 Å². The highest BCUT2D eigenvalue weighted by atomic mass is 32.2. The largest absolute Gasteiger partial charge is 0.353 e. The van der Waals surface area contributed by atoms with Crippen molar-refractivity contribution in [2.75, 3.05) is 18.8 Å². The minimum Gasteiger partial charge on any atom is -0.353 e. The first-order valence-electron chi connectivity index (χ1n) is 10.0. The molecule has 1 aliphatic rings. The highest BCUT2D eigenvalue weighted by molar-refractivity contribution is 8.00. The smallest absolute Gasteiger partial charge is 0.243 e. The predicted octanol–water partition coefficient (Wildman–Crippen LogP) is 3.70. The van der Waals surface area contributed by atoms with Gasteiger partial charge in [-0.25, -0.2) is 8.42 Å². The van der Waals surface area contributed by atoms with Crippen LogP contribution >= 0.6 is 11.8 Å². The summed E-state index contributed by atoms with van der Waals surface area (Å²) in [5.74, 6) is 0.304. The van der Waals surface area contributed by atoms with Crippen LogP contribution in [0.4, 0.5) is 0 Å². The molecule has 5 nitrogen and oxygen atoms in total. The molecule has 29 heavy (non-hydrogen) atoms. The van der Waals surface area contributed by atoms with Crippen LogP contribution in [-0.4, -0.2) is 43.5 Å². The molecule has 0 saturated carbocycles. The van der Waals surface area contributed by atoms with E-state index >= 15 is 0 Å². The lowest BCUT2D eigenvalue weighted by molar-refractivity contribution is -0.119. The number of benzene rings is 2. The number of carbonyl (C=O) groups excluding carboxylic acids is 1. The van der Waals surface area contributed by atoms with E-state index in [-0.39, 0.29) is 11.9 Å². The minimum atomic E-state index is -3.39. The second-order valence-corrected chi connectivity index (χ2v) is 10.4. The molecule has 0 bridgehead atoms. The number of sulfonamides is 1. The molecule has 1 amide bonds. The second-order valence-electron chi connectivity index (χ2n) is 7.36. The van der Waals surface area contributed by atoms with Crippen molar-refractivity contribution in [3.8, 4) is 0 Å². The molecule has 7 heteroatoms. The van der Waals surface area contributed by atoms with Crippen LogP contribution in [0.1, 0.15) is 31.7 Å². The topological polar surface area (TPSA) is 66.5 Å². The number of hydrogen-bond donors (Lipinski definition) is 1. The lowest BCUT2D eigenvalue weighted by Crippen LogP contribution is -2.34. The maximum Gasteiger partial charge on any atom is 0.243 e. The maximum atomic E-state index is 12.6. The fourth-order valence-corrected chi connectivity index (χ4v) is 5.58. The van der Waals surface area contributed by atoms with Crippen LogP contribution in [0, 0.1) is 0 Å². The number of nitrogens with zero attached hydrogens (tertiary/aromatic N) is 1. The van der Waals surface area contributed by atoms with E-state index in [0.29, 0.717) is 23.7 Å². The number of hydrogen-bond acceptors (Lipinski definition) is 4. The molecule has 0 aromatic heterocycles. The lowest BCUT2D eigenvalue weighted by Gasteiger charge is -2.16. The van der Waals surface area contributed by atoms with E-state index in [1.807, 2.05) is 25.1 Å². The first-order valence-corrected chi connectivity index (χ1v) is 12.4. The van der Waals surface area contributed by atoms with E-state index in [1.54, 1.807) is 28.6 Å². The summed E-state index contributed by atoms with van der Waals surface area (Å²) in [6.07, 6.45) is 3.67. The number of thioether (sulfide) groups is 1. The number of amides is 1. The average Bonchev–Trinajstić information content (AvgIpc) is 3.28. The summed E-state index contributed by atoms with van der Waals surface area (Å²) in [5, 5.41) is 3.03. The molecule has 2 aromatic rings. The van der Waals surface area contributed by atoms with E-state index in [2.05, 4.69) is 17.4 Å². The third-order valence-electron chi connectivity index (χ3n) is 5.01. The van der Waals surface area contributed by atoms with Crippen molar-refractivity contribution in [1.29, 1.82) is 0 Å². The van der Waals surface area contributed by atoms with Gasteiger partial charge < -0.3 is 5.32 Å². The van der Waals surface area contributed by atoms with Gasteiger partial charge >= 0.3 is 0 Å². The van der Waals surface area contributed by atoms with Crippen LogP contribution in [0.2, 0.25) is 0 Å². The van der Waals surface area contributed by atoms with Crippen LogP contribution < -0.4 is 5.32 Å². The third-order valence-corrected chi connectivity index (χ3v) is 7.94. The fourth-order valence-electron chi connectivity index (χ4n) is 3.35. The molecule has 1 saturated heterocycles. The Balaban J connectivity index is 1.44. The zero-order valence-corrected chi connectivity index (χ0v) is 18.3. The van der Waals surface area contributed by atoms with E-state index < -0.39 is 10.0 Å². The van der Waals surface area contributed by atoms with Crippen LogP contribution in [0.25, 0.3) is 0 Å². The Morgan fingerprint density at radius 2 is 1.72 bits per heavy atom. The summed E-state index contributed by atoms with van der Waals surface area (Å²) >= 11 is 1.42. The molecule has 0 spiro atoms. The van der Waals surface area contributed by atoms with Gasteiger partial charge in [0.2, 0.25) is 15.9 Å². The van der Waals surface area contributed by atoms with Crippen molar-refractivity contribution in [2.24, 2.45) is 0 Å². The Morgan fingerprint density at radius 3 is 2.38 bits per heavy atom. The zero-order chi connectivity index (χ0) is 20.7. The van der Waals surface area contributed by atoms with Crippen LogP contribution in [0.15, 0.2) is 64.4 Å². The minimum absolute atomic E-state index is 0.00988. The quantitative estimate of drug-likeness (QED) is 0.614. The molecule has 3 rings (SSSR count). The van der Waals surface area contributed by atoms with E-state index in [0.717, 1.165) is 30.6 Å². The van der Waals surface area contributed by atoms with Crippen molar-refractivity contribution in [2.45, 2.75) is 48.4 Å². The molecule has 1 fully saturated rings. The van der Waals surface area contributed by atoms with Crippen molar-refractivity contribution in [3.63, 3.8) is 0 Å². The Labute approximate surface area is 177 Å². The monoisotopic (exact) mass is 432 g/mol. The number of rotatable bonds is 9. The van der Waals surface area contributed by atoms with Gasteiger partial charge in [0.15, 0.2) is 0 Å². The van der Waals surface area contributed by atoms with Crippen LogP contribution in [-0.2, 0) is 21.2 Å². The summed E-state index contributed by atoms with van der Waals surface area (Å²) in [6.45, 7) is 3.21. The summed E-state index contributed by atoms with van der Waals surface area (Å²) in [7, 11) is -3.39. The molecule has 1 N–H and O–H groups in total. The van der Waals surface area contributed by atoms with Crippen molar-refractivity contribution < 1.29 is 13.2 Å². The Hall–Kier alpha value is -1.83. The molecule has 156 valence electrons. The van der Waals surface area contributed by atoms with E-state index in [4.69, 9.17) is 0 Å². The predicted molar refractivity (Wildman–Crippen MR) is 118 cm³/mol. The van der Waals surface area contributed by atoms with Crippen LogP contribution in [0.3, 0.4) is 0 Å². The lowest BCUT2D eigenvalue weighted by atomic mass is 10.1. The average molecular weight is 433 g/mol. The van der Waals surface area contributed by atoms with Crippen molar-refractivity contribution in [3.05, 3.63) is 60.2 Å². The number of aryl methyl sites for hydroxylation is 1. The van der Waals surface area contributed by atoms with Gasteiger partial charge in [0.05, 0.1) is 10.6 Å². The maximum absolute atomic E-state index is 12.6. The molecule has 1 heterocycles. The molecule has 1 atom stereocenters. The highest BCUT2D eigenvalue weighted by Crippen LogP contribution is 2.24. The summed E-state index contributed by atoms with van der Waals surface area (Å²) < 4.78 is 26.6.